The number of sulfonamides is 1. The van der Waals surface area contributed by atoms with Crippen LogP contribution in [-0.4, -0.2) is 39.0 Å². The number of ether oxygens (including phenoxy) is 1. The molecule has 1 aromatic carbocycles. The van der Waals surface area contributed by atoms with Crippen LogP contribution in [0.15, 0.2) is 17.0 Å². The minimum Gasteiger partial charge on any atom is -0.379 e. The van der Waals surface area contributed by atoms with E-state index in [4.69, 9.17) is 16.3 Å². The molecule has 0 spiro atoms. The molecule has 0 bridgehead atoms. The molecule has 1 heterocycles. The van der Waals surface area contributed by atoms with E-state index in [9.17, 15) is 12.8 Å². The molecule has 1 saturated heterocycles. The zero-order valence-corrected chi connectivity index (χ0v) is 12.1. The summed E-state index contributed by atoms with van der Waals surface area (Å²) in [5.41, 5.74) is 0.581. The van der Waals surface area contributed by atoms with E-state index in [1.54, 1.807) is 0 Å². The Morgan fingerprint density at radius 1 is 1.37 bits per heavy atom. The molecule has 106 valence electrons. The lowest BCUT2D eigenvalue weighted by Gasteiger charge is -2.27. The first-order chi connectivity index (χ1) is 8.96. The molecule has 0 N–H and O–H groups in total. The molecule has 7 heteroatoms. The van der Waals surface area contributed by atoms with Crippen LogP contribution in [-0.2, 0) is 20.6 Å². The molecule has 0 aromatic heterocycles. The second-order valence-electron chi connectivity index (χ2n) is 4.35. The SMILES string of the molecule is Cc1c(F)cc(CCl)cc1S(=O)(=O)N1CCOCC1. The topological polar surface area (TPSA) is 46.6 Å². The highest BCUT2D eigenvalue weighted by Crippen LogP contribution is 2.25. The summed E-state index contributed by atoms with van der Waals surface area (Å²) in [5.74, 6) is -0.479. The van der Waals surface area contributed by atoms with E-state index in [-0.39, 0.29) is 29.4 Å². The summed E-state index contributed by atoms with van der Waals surface area (Å²) in [5, 5.41) is 0. The molecule has 0 aliphatic carbocycles. The van der Waals surface area contributed by atoms with Crippen molar-refractivity contribution in [1.29, 1.82) is 0 Å². The van der Waals surface area contributed by atoms with Crippen LogP contribution >= 0.6 is 11.6 Å². The number of halogens is 2. The van der Waals surface area contributed by atoms with Gasteiger partial charge >= 0.3 is 0 Å². The van der Waals surface area contributed by atoms with Crippen LogP contribution < -0.4 is 0 Å². The summed E-state index contributed by atoms with van der Waals surface area (Å²) in [6, 6.07) is 2.71. The third kappa shape index (κ3) is 2.91. The maximum atomic E-state index is 13.8. The number of rotatable bonds is 3. The van der Waals surface area contributed by atoms with Crippen LogP contribution in [0.4, 0.5) is 4.39 Å². The van der Waals surface area contributed by atoms with Gasteiger partial charge in [0.25, 0.3) is 0 Å². The van der Waals surface area contributed by atoms with Gasteiger partial charge in [0.05, 0.1) is 18.1 Å². The van der Waals surface area contributed by atoms with Crippen molar-refractivity contribution in [1.82, 2.24) is 4.31 Å². The zero-order valence-electron chi connectivity index (χ0n) is 10.5. The number of hydrogen-bond donors (Lipinski definition) is 0. The highest BCUT2D eigenvalue weighted by atomic mass is 35.5. The van der Waals surface area contributed by atoms with E-state index in [1.165, 1.54) is 23.4 Å². The lowest BCUT2D eigenvalue weighted by atomic mass is 10.1. The molecule has 0 unspecified atom stereocenters. The molecule has 2 rings (SSSR count). The van der Waals surface area contributed by atoms with Crippen molar-refractivity contribution >= 4 is 21.6 Å². The minimum absolute atomic E-state index is 0.00921. The van der Waals surface area contributed by atoms with Crippen LogP contribution in [0.2, 0.25) is 0 Å². The highest BCUT2D eigenvalue weighted by Gasteiger charge is 2.29. The average molecular weight is 308 g/mol. The Morgan fingerprint density at radius 3 is 2.58 bits per heavy atom. The quantitative estimate of drug-likeness (QED) is 0.801. The van der Waals surface area contributed by atoms with Crippen LogP contribution in [0.5, 0.6) is 0 Å². The lowest BCUT2D eigenvalue weighted by Crippen LogP contribution is -2.40. The van der Waals surface area contributed by atoms with Gasteiger partial charge < -0.3 is 4.74 Å². The standard InChI is InChI=1S/C12H15ClFNO3S/c1-9-11(14)6-10(8-13)7-12(9)19(16,17)15-2-4-18-5-3-15/h6-7H,2-5,8H2,1H3. The Balaban J connectivity index is 2.47. The largest absolute Gasteiger partial charge is 0.379 e. The fraction of sp³-hybridized carbons (Fsp3) is 0.500. The van der Waals surface area contributed by atoms with E-state index in [2.05, 4.69) is 0 Å². The Kier molecular flexibility index (Phi) is 4.45. The Hall–Kier alpha value is -0.690. The van der Waals surface area contributed by atoms with Gasteiger partial charge in [0.15, 0.2) is 0 Å². The van der Waals surface area contributed by atoms with Gasteiger partial charge in [0, 0.05) is 24.5 Å². The monoisotopic (exact) mass is 307 g/mol. The summed E-state index contributed by atoms with van der Waals surface area (Å²) in [6.07, 6.45) is 0. The van der Waals surface area contributed by atoms with Gasteiger partial charge in [-0.3, -0.25) is 0 Å². The van der Waals surface area contributed by atoms with Crippen LogP contribution in [0, 0.1) is 12.7 Å². The summed E-state index contributed by atoms with van der Waals surface area (Å²) in [4.78, 5) is -0.00921. The third-order valence-corrected chi connectivity index (χ3v) is 5.43. The van der Waals surface area contributed by atoms with E-state index in [0.717, 1.165) is 0 Å². The first-order valence-corrected chi connectivity index (χ1v) is 7.87. The summed E-state index contributed by atoms with van der Waals surface area (Å²) < 4.78 is 45.2. The van der Waals surface area contributed by atoms with E-state index in [1.807, 2.05) is 0 Å². The molecule has 1 fully saturated rings. The van der Waals surface area contributed by atoms with E-state index in [0.29, 0.717) is 18.8 Å². The number of morpholine rings is 1. The molecule has 1 aromatic rings. The molecule has 1 aliphatic heterocycles. The Morgan fingerprint density at radius 2 is 2.00 bits per heavy atom. The van der Waals surface area contributed by atoms with E-state index < -0.39 is 15.8 Å². The average Bonchev–Trinajstić information content (AvgIpc) is 2.42. The fourth-order valence-corrected chi connectivity index (χ4v) is 3.83. The number of alkyl halides is 1. The number of hydrogen-bond acceptors (Lipinski definition) is 3. The predicted octanol–water partition coefficient (Wildman–Crippen LogP) is 1.89. The van der Waals surface area contributed by atoms with Crippen molar-refractivity contribution in [2.75, 3.05) is 26.3 Å². The van der Waals surface area contributed by atoms with Crippen LogP contribution in [0.3, 0.4) is 0 Å². The molecule has 4 nitrogen and oxygen atoms in total. The summed E-state index contributed by atoms with van der Waals surface area (Å²) >= 11 is 5.66. The number of nitrogens with zero attached hydrogens (tertiary/aromatic N) is 1. The van der Waals surface area contributed by atoms with Crippen LogP contribution in [0.1, 0.15) is 11.1 Å². The number of benzene rings is 1. The molecule has 1 aliphatic rings. The van der Waals surface area contributed by atoms with Gasteiger partial charge in [-0.05, 0) is 24.6 Å². The predicted molar refractivity (Wildman–Crippen MR) is 70.3 cm³/mol. The molecule has 0 amide bonds. The highest BCUT2D eigenvalue weighted by molar-refractivity contribution is 7.89. The fourth-order valence-electron chi connectivity index (χ4n) is 1.98. The third-order valence-electron chi connectivity index (χ3n) is 3.10. The van der Waals surface area contributed by atoms with Crippen molar-refractivity contribution in [3.63, 3.8) is 0 Å². The summed E-state index contributed by atoms with van der Waals surface area (Å²) in [6.45, 7) is 2.75. The lowest BCUT2D eigenvalue weighted by molar-refractivity contribution is 0.0730. The molecular weight excluding hydrogens is 293 g/mol. The minimum atomic E-state index is -3.69. The van der Waals surface area contributed by atoms with Gasteiger partial charge in [0.1, 0.15) is 5.82 Å². The smallest absolute Gasteiger partial charge is 0.243 e. The zero-order chi connectivity index (χ0) is 14.0. The molecule has 19 heavy (non-hydrogen) atoms. The summed E-state index contributed by atoms with van der Waals surface area (Å²) in [7, 11) is -3.69. The Bertz CT molecular complexity index is 571. The van der Waals surface area contributed by atoms with Crippen molar-refractivity contribution < 1.29 is 17.5 Å². The van der Waals surface area contributed by atoms with Gasteiger partial charge in [-0.15, -0.1) is 11.6 Å². The maximum Gasteiger partial charge on any atom is 0.243 e. The second-order valence-corrected chi connectivity index (χ2v) is 6.52. The molecule has 0 atom stereocenters. The van der Waals surface area contributed by atoms with Crippen molar-refractivity contribution in [3.8, 4) is 0 Å². The van der Waals surface area contributed by atoms with Crippen molar-refractivity contribution in [2.24, 2.45) is 0 Å². The first kappa shape index (κ1) is 14.7. The molecular formula is C12H15ClFNO3S. The van der Waals surface area contributed by atoms with Crippen LogP contribution in [0.25, 0.3) is 0 Å². The van der Waals surface area contributed by atoms with Gasteiger partial charge in [-0.25, -0.2) is 12.8 Å². The van der Waals surface area contributed by atoms with Crippen molar-refractivity contribution in [3.05, 3.63) is 29.1 Å². The normalized spacial score (nSPS) is 17.6. The van der Waals surface area contributed by atoms with Crippen molar-refractivity contribution in [2.45, 2.75) is 17.7 Å². The molecule has 0 saturated carbocycles. The van der Waals surface area contributed by atoms with Gasteiger partial charge in [-0.2, -0.15) is 4.31 Å². The van der Waals surface area contributed by atoms with Gasteiger partial charge in [-0.1, -0.05) is 0 Å². The maximum absolute atomic E-state index is 13.8. The molecule has 0 radical (unpaired) electrons. The second kappa shape index (κ2) is 5.75. The van der Waals surface area contributed by atoms with E-state index >= 15 is 0 Å². The first-order valence-electron chi connectivity index (χ1n) is 5.89. The van der Waals surface area contributed by atoms with Gasteiger partial charge in [0.2, 0.25) is 10.0 Å². The Labute approximate surface area is 117 Å².